The van der Waals surface area contributed by atoms with Crippen molar-refractivity contribution in [2.24, 2.45) is 11.7 Å². The Balaban J connectivity index is 2.67. The second-order valence-electron chi connectivity index (χ2n) is 6.41. The number of amides is 3. The van der Waals surface area contributed by atoms with Gasteiger partial charge in [0.25, 0.3) is 0 Å². The number of nitrogens with two attached hydrogens (primary N) is 1. The molecule has 6 heteroatoms. The van der Waals surface area contributed by atoms with E-state index in [-0.39, 0.29) is 11.9 Å². The molecule has 0 aromatic heterocycles. The fourth-order valence-electron chi connectivity index (χ4n) is 2.49. The first-order valence-electron chi connectivity index (χ1n) is 8.27. The number of primary amides is 1. The lowest BCUT2D eigenvalue weighted by atomic mass is 10.00. The first kappa shape index (κ1) is 20.4. The van der Waals surface area contributed by atoms with E-state index in [1.165, 1.54) is 5.56 Å². The zero-order valence-corrected chi connectivity index (χ0v) is 15.8. The highest BCUT2D eigenvalue weighted by atomic mass is 32.2. The monoisotopic (exact) mass is 351 g/mol. The molecule has 0 saturated heterocycles. The van der Waals surface area contributed by atoms with Gasteiger partial charge in [-0.05, 0) is 48.8 Å². The maximum atomic E-state index is 12.4. The number of urea groups is 1. The molecule has 134 valence electrons. The lowest BCUT2D eigenvalue weighted by Crippen LogP contribution is -2.49. The van der Waals surface area contributed by atoms with E-state index in [1.54, 1.807) is 11.8 Å². The largest absolute Gasteiger partial charge is 0.352 e. The van der Waals surface area contributed by atoms with Crippen LogP contribution in [0.2, 0.25) is 0 Å². The van der Waals surface area contributed by atoms with Gasteiger partial charge in [-0.1, -0.05) is 38.1 Å². The molecule has 1 aromatic rings. The van der Waals surface area contributed by atoms with Gasteiger partial charge in [-0.25, -0.2) is 4.79 Å². The highest BCUT2D eigenvalue weighted by molar-refractivity contribution is 7.98. The van der Waals surface area contributed by atoms with Crippen LogP contribution in [0.3, 0.4) is 0 Å². The van der Waals surface area contributed by atoms with Crippen LogP contribution < -0.4 is 16.4 Å². The summed E-state index contributed by atoms with van der Waals surface area (Å²) >= 11 is 1.62. The fraction of sp³-hybridized carbons (Fsp3) is 0.556. The van der Waals surface area contributed by atoms with Crippen molar-refractivity contribution in [2.75, 3.05) is 12.0 Å². The minimum Gasteiger partial charge on any atom is -0.352 e. The standard InChI is InChI=1S/C18H29N3O2S/c1-12(2)11-14-5-7-15(8-6-14)13(3)20-17(22)16(9-10-24-4)21-18(19)23/h5-8,12-13,16H,9-11H2,1-4H3,(H,20,22)(H3,19,21,23). The summed E-state index contributed by atoms with van der Waals surface area (Å²) in [6.07, 6.45) is 3.55. The summed E-state index contributed by atoms with van der Waals surface area (Å²) in [6, 6.07) is 6.88. The Morgan fingerprint density at radius 1 is 1.12 bits per heavy atom. The Morgan fingerprint density at radius 3 is 2.25 bits per heavy atom. The van der Waals surface area contributed by atoms with E-state index >= 15 is 0 Å². The van der Waals surface area contributed by atoms with Crippen LogP contribution in [0.25, 0.3) is 0 Å². The summed E-state index contributed by atoms with van der Waals surface area (Å²) in [4.78, 5) is 23.5. The number of nitrogens with one attached hydrogen (secondary N) is 2. The van der Waals surface area contributed by atoms with Gasteiger partial charge in [0.2, 0.25) is 5.91 Å². The van der Waals surface area contributed by atoms with E-state index in [0.717, 1.165) is 17.7 Å². The highest BCUT2D eigenvalue weighted by Crippen LogP contribution is 2.16. The van der Waals surface area contributed by atoms with E-state index < -0.39 is 12.1 Å². The molecule has 5 nitrogen and oxygen atoms in total. The second-order valence-corrected chi connectivity index (χ2v) is 7.40. The van der Waals surface area contributed by atoms with E-state index in [4.69, 9.17) is 5.73 Å². The lowest BCUT2D eigenvalue weighted by molar-refractivity contribution is -0.123. The van der Waals surface area contributed by atoms with E-state index in [9.17, 15) is 9.59 Å². The van der Waals surface area contributed by atoms with Crippen molar-refractivity contribution >= 4 is 23.7 Å². The molecule has 2 unspecified atom stereocenters. The maximum absolute atomic E-state index is 12.4. The van der Waals surface area contributed by atoms with Crippen LogP contribution >= 0.6 is 11.8 Å². The SMILES string of the molecule is CSCCC(NC(N)=O)C(=O)NC(C)c1ccc(CC(C)C)cc1. The van der Waals surface area contributed by atoms with Gasteiger partial charge in [-0.2, -0.15) is 11.8 Å². The van der Waals surface area contributed by atoms with Gasteiger partial charge >= 0.3 is 6.03 Å². The first-order chi connectivity index (χ1) is 11.3. The van der Waals surface area contributed by atoms with Crippen LogP contribution in [-0.4, -0.2) is 30.0 Å². The third kappa shape index (κ3) is 7.25. The molecule has 24 heavy (non-hydrogen) atoms. The van der Waals surface area contributed by atoms with Crippen molar-refractivity contribution in [3.8, 4) is 0 Å². The average Bonchev–Trinajstić information content (AvgIpc) is 2.51. The number of rotatable bonds is 9. The molecule has 3 amide bonds. The smallest absolute Gasteiger partial charge is 0.312 e. The highest BCUT2D eigenvalue weighted by Gasteiger charge is 2.21. The molecule has 0 aliphatic heterocycles. The van der Waals surface area contributed by atoms with Crippen molar-refractivity contribution in [3.63, 3.8) is 0 Å². The Morgan fingerprint density at radius 2 is 1.75 bits per heavy atom. The Bertz CT molecular complexity index is 532. The van der Waals surface area contributed by atoms with Crippen molar-refractivity contribution in [1.29, 1.82) is 0 Å². The average molecular weight is 352 g/mol. The molecular weight excluding hydrogens is 322 g/mol. The summed E-state index contributed by atoms with van der Waals surface area (Å²) in [5.74, 6) is 1.18. The minimum atomic E-state index is -0.679. The molecule has 0 aliphatic rings. The first-order valence-corrected chi connectivity index (χ1v) is 9.67. The lowest BCUT2D eigenvalue weighted by Gasteiger charge is -2.21. The molecule has 2 atom stereocenters. The third-order valence-corrected chi connectivity index (χ3v) is 4.37. The molecule has 0 fully saturated rings. The van der Waals surface area contributed by atoms with Crippen LogP contribution in [0, 0.1) is 5.92 Å². The fourth-order valence-corrected chi connectivity index (χ4v) is 2.96. The van der Waals surface area contributed by atoms with E-state index in [0.29, 0.717) is 12.3 Å². The molecule has 0 spiro atoms. The van der Waals surface area contributed by atoms with Gasteiger partial charge in [0.1, 0.15) is 6.04 Å². The van der Waals surface area contributed by atoms with Gasteiger partial charge in [0.05, 0.1) is 6.04 Å². The number of hydrogen-bond acceptors (Lipinski definition) is 3. The van der Waals surface area contributed by atoms with Crippen molar-refractivity contribution in [2.45, 2.75) is 45.7 Å². The number of carbonyl (C=O) groups excluding carboxylic acids is 2. The Kier molecular flexibility index (Phi) is 8.68. The predicted molar refractivity (Wildman–Crippen MR) is 101 cm³/mol. The summed E-state index contributed by atoms with van der Waals surface area (Å²) in [6.45, 7) is 6.32. The molecule has 0 heterocycles. The van der Waals surface area contributed by atoms with Crippen LogP contribution in [0.5, 0.6) is 0 Å². The van der Waals surface area contributed by atoms with Gasteiger partial charge in [-0.3, -0.25) is 4.79 Å². The predicted octanol–water partition coefficient (Wildman–Crippen LogP) is 2.85. The molecule has 0 bridgehead atoms. The molecular formula is C18H29N3O2S. The summed E-state index contributed by atoms with van der Waals surface area (Å²) in [5.41, 5.74) is 7.50. The molecule has 0 aliphatic carbocycles. The summed E-state index contributed by atoms with van der Waals surface area (Å²) in [7, 11) is 0. The summed E-state index contributed by atoms with van der Waals surface area (Å²) < 4.78 is 0. The van der Waals surface area contributed by atoms with Crippen molar-refractivity contribution in [1.82, 2.24) is 10.6 Å². The molecule has 0 radical (unpaired) electrons. The van der Waals surface area contributed by atoms with Gasteiger partial charge in [0.15, 0.2) is 0 Å². The maximum Gasteiger partial charge on any atom is 0.312 e. The topological polar surface area (TPSA) is 84.2 Å². The second kappa shape index (κ2) is 10.2. The number of thioether (sulfide) groups is 1. The Labute approximate surface area is 149 Å². The number of benzene rings is 1. The van der Waals surface area contributed by atoms with Gasteiger partial charge < -0.3 is 16.4 Å². The molecule has 1 rings (SSSR count). The normalized spacial score (nSPS) is 13.4. The zero-order valence-electron chi connectivity index (χ0n) is 15.0. The minimum absolute atomic E-state index is 0.128. The van der Waals surface area contributed by atoms with Crippen LogP contribution in [0.15, 0.2) is 24.3 Å². The Hall–Kier alpha value is -1.69. The number of hydrogen-bond donors (Lipinski definition) is 3. The zero-order chi connectivity index (χ0) is 18.1. The van der Waals surface area contributed by atoms with Gasteiger partial charge in [-0.15, -0.1) is 0 Å². The van der Waals surface area contributed by atoms with Crippen molar-refractivity contribution in [3.05, 3.63) is 35.4 Å². The number of carbonyl (C=O) groups is 2. The van der Waals surface area contributed by atoms with Gasteiger partial charge in [0, 0.05) is 0 Å². The molecule has 0 saturated carbocycles. The third-order valence-electron chi connectivity index (χ3n) is 3.73. The van der Waals surface area contributed by atoms with Crippen LogP contribution in [0.4, 0.5) is 4.79 Å². The molecule has 1 aromatic carbocycles. The van der Waals surface area contributed by atoms with E-state index in [1.807, 2.05) is 25.3 Å². The van der Waals surface area contributed by atoms with Crippen molar-refractivity contribution < 1.29 is 9.59 Å². The summed E-state index contributed by atoms with van der Waals surface area (Å²) in [5, 5.41) is 5.47. The van der Waals surface area contributed by atoms with E-state index in [2.05, 4.69) is 36.6 Å². The van der Waals surface area contributed by atoms with Crippen LogP contribution in [-0.2, 0) is 11.2 Å². The molecule has 4 N–H and O–H groups in total. The van der Waals surface area contributed by atoms with Crippen LogP contribution in [0.1, 0.15) is 44.4 Å². The quantitative estimate of drug-likeness (QED) is 0.639.